The van der Waals surface area contributed by atoms with E-state index in [9.17, 15) is 4.79 Å². The first-order chi connectivity index (χ1) is 13.1. The fourth-order valence-corrected chi connectivity index (χ4v) is 2.07. The van der Waals surface area contributed by atoms with Crippen LogP contribution in [0.2, 0.25) is 5.02 Å². The van der Waals surface area contributed by atoms with Gasteiger partial charge in [0.1, 0.15) is 0 Å². The summed E-state index contributed by atoms with van der Waals surface area (Å²) in [6, 6.07) is 11.0. The van der Waals surface area contributed by atoms with Crippen LogP contribution in [0.3, 0.4) is 0 Å². The third-order valence-electron chi connectivity index (χ3n) is 3.19. The van der Waals surface area contributed by atoms with E-state index < -0.39 is 0 Å². The molecule has 0 saturated carbocycles. The van der Waals surface area contributed by atoms with Gasteiger partial charge in [-0.25, -0.2) is 4.98 Å². The molecule has 2 rings (SSSR count). The maximum absolute atomic E-state index is 12.1. The lowest BCUT2D eigenvalue weighted by Crippen LogP contribution is -2.21. The minimum absolute atomic E-state index is 0.194. The van der Waals surface area contributed by atoms with Gasteiger partial charge in [-0.1, -0.05) is 37.6 Å². The Morgan fingerprint density at radius 3 is 2.30 bits per heavy atom. The summed E-state index contributed by atoms with van der Waals surface area (Å²) in [4.78, 5) is 16.2. The summed E-state index contributed by atoms with van der Waals surface area (Å²) >= 11 is 5.86. The van der Waals surface area contributed by atoms with Crippen molar-refractivity contribution < 1.29 is 9.53 Å². The van der Waals surface area contributed by atoms with Crippen molar-refractivity contribution in [3.8, 4) is 5.88 Å². The van der Waals surface area contributed by atoms with Crippen molar-refractivity contribution >= 4 is 23.1 Å². The maximum atomic E-state index is 12.1. The molecule has 0 aliphatic rings. The van der Waals surface area contributed by atoms with Gasteiger partial charge in [0.05, 0.1) is 12.7 Å². The number of likely N-dealkylation sites (N-methyl/N-ethyl adjacent to an activating group) is 1. The SMILES string of the molecule is C=C.CC.CNC(=O)/C(=C\NCc1ccc(Cl)cc1)c1ccc(OC)nc1. The van der Waals surface area contributed by atoms with E-state index in [2.05, 4.69) is 28.8 Å². The van der Waals surface area contributed by atoms with E-state index in [0.29, 0.717) is 28.6 Å². The third kappa shape index (κ3) is 8.42. The quantitative estimate of drug-likeness (QED) is 0.566. The number of hydrogen-bond acceptors (Lipinski definition) is 4. The van der Waals surface area contributed by atoms with E-state index >= 15 is 0 Å². The molecule has 146 valence electrons. The van der Waals surface area contributed by atoms with Crippen LogP contribution in [-0.2, 0) is 11.3 Å². The number of methoxy groups -OCH3 is 1. The molecule has 0 aliphatic heterocycles. The highest BCUT2D eigenvalue weighted by atomic mass is 35.5. The van der Waals surface area contributed by atoms with Crippen LogP contribution in [0.4, 0.5) is 0 Å². The van der Waals surface area contributed by atoms with Gasteiger partial charge >= 0.3 is 0 Å². The van der Waals surface area contributed by atoms with Crippen LogP contribution in [0.25, 0.3) is 5.57 Å². The number of halogens is 1. The molecular weight excluding hydrogens is 362 g/mol. The van der Waals surface area contributed by atoms with Crippen molar-refractivity contribution in [3.05, 3.63) is 78.1 Å². The lowest BCUT2D eigenvalue weighted by atomic mass is 10.1. The highest BCUT2D eigenvalue weighted by molar-refractivity contribution is 6.30. The molecule has 1 amide bonds. The van der Waals surface area contributed by atoms with Gasteiger partial charge in [-0.2, -0.15) is 0 Å². The largest absolute Gasteiger partial charge is 0.481 e. The Morgan fingerprint density at radius 2 is 1.81 bits per heavy atom. The summed E-state index contributed by atoms with van der Waals surface area (Å²) in [7, 11) is 3.14. The molecule has 0 unspecified atom stereocenters. The van der Waals surface area contributed by atoms with Gasteiger partial charge in [0.2, 0.25) is 5.88 Å². The lowest BCUT2D eigenvalue weighted by Gasteiger charge is -2.08. The van der Waals surface area contributed by atoms with Crippen LogP contribution in [0.5, 0.6) is 5.88 Å². The second-order valence-electron chi connectivity index (χ2n) is 4.73. The maximum Gasteiger partial charge on any atom is 0.253 e. The molecule has 1 aromatic carbocycles. The first-order valence-corrected chi connectivity index (χ1v) is 8.92. The van der Waals surface area contributed by atoms with E-state index in [4.69, 9.17) is 16.3 Å². The van der Waals surface area contributed by atoms with E-state index in [1.54, 1.807) is 38.7 Å². The molecule has 27 heavy (non-hydrogen) atoms. The Bertz CT molecular complexity index is 698. The summed E-state index contributed by atoms with van der Waals surface area (Å²) in [6.45, 7) is 10.6. The van der Waals surface area contributed by atoms with Gasteiger partial charge < -0.3 is 15.4 Å². The van der Waals surface area contributed by atoms with Gasteiger partial charge in [0, 0.05) is 42.6 Å². The Kier molecular flexibility index (Phi) is 12.9. The van der Waals surface area contributed by atoms with Gasteiger partial charge in [-0.15, -0.1) is 13.2 Å². The standard InChI is InChI=1S/C17H18ClN3O2.C2H6.C2H4/c1-19-17(22)15(13-5-8-16(23-2)21-10-13)11-20-9-12-3-6-14(18)7-4-12;2*1-2/h3-8,10-11,20H,9H2,1-2H3,(H,19,22);1-2H3;1-2H2/b15-11-;;. The van der Waals surface area contributed by atoms with Crippen molar-refractivity contribution in [2.45, 2.75) is 20.4 Å². The summed E-state index contributed by atoms with van der Waals surface area (Å²) < 4.78 is 5.03. The lowest BCUT2D eigenvalue weighted by molar-refractivity contribution is -0.115. The van der Waals surface area contributed by atoms with Crippen LogP contribution in [-0.4, -0.2) is 25.0 Å². The number of nitrogens with zero attached hydrogens (tertiary/aromatic N) is 1. The van der Waals surface area contributed by atoms with Crippen LogP contribution in [0, 0.1) is 0 Å². The molecule has 0 saturated heterocycles. The first-order valence-electron chi connectivity index (χ1n) is 8.54. The highest BCUT2D eigenvalue weighted by Crippen LogP contribution is 2.16. The normalized spacial score (nSPS) is 9.74. The fraction of sp³-hybridized carbons (Fsp3) is 0.238. The number of aromatic nitrogens is 1. The van der Waals surface area contributed by atoms with E-state index in [1.165, 1.54) is 0 Å². The zero-order valence-corrected chi connectivity index (χ0v) is 17.1. The van der Waals surface area contributed by atoms with Crippen LogP contribution < -0.4 is 15.4 Å². The second-order valence-corrected chi connectivity index (χ2v) is 5.17. The number of benzene rings is 1. The van der Waals surface area contributed by atoms with Crippen LogP contribution in [0.15, 0.2) is 62.0 Å². The molecule has 0 radical (unpaired) electrons. The summed E-state index contributed by atoms with van der Waals surface area (Å²) in [5, 5.41) is 6.46. The number of rotatable bonds is 6. The molecular formula is C21H28ClN3O2. The molecule has 0 fully saturated rings. The zero-order chi connectivity index (χ0) is 20.7. The molecule has 2 aromatic rings. The Balaban J connectivity index is 0.00000158. The highest BCUT2D eigenvalue weighted by Gasteiger charge is 2.11. The molecule has 0 aliphatic carbocycles. The smallest absolute Gasteiger partial charge is 0.253 e. The van der Waals surface area contributed by atoms with E-state index in [-0.39, 0.29) is 5.91 Å². The van der Waals surface area contributed by atoms with Crippen molar-refractivity contribution in [2.24, 2.45) is 0 Å². The molecule has 1 aromatic heterocycles. The number of carbonyl (C=O) groups excluding carboxylic acids is 1. The van der Waals surface area contributed by atoms with E-state index in [0.717, 1.165) is 5.56 Å². The Labute approximate surface area is 167 Å². The minimum atomic E-state index is -0.194. The first kappa shape index (κ1) is 24.2. The Morgan fingerprint density at radius 1 is 1.19 bits per heavy atom. The summed E-state index contributed by atoms with van der Waals surface area (Å²) in [5.41, 5.74) is 2.26. The average molecular weight is 390 g/mol. The van der Waals surface area contributed by atoms with Crippen LogP contribution >= 0.6 is 11.6 Å². The van der Waals surface area contributed by atoms with Gasteiger partial charge in [0.15, 0.2) is 0 Å². The number of hydrogen-bond donors (Lipinski definition) is 2. The number of nitrogens with one attached hydrogen (secondary N) is 2. The Hall–Kier alpha value is -2.79. The number of pyridine rings is 1. The molecule has 1 heterocycles. The van der Waals surface area contributed by atoms with Crippen molar-refractivity contribution in [2.75, 3.05) is 14.2 Å². The summed E-state index contributed by atoms with van der Waals surface area (Å²) in [5.74, 6) is 0.305. The third-order valence-corrected chi connectivity index (χ3v) is 3.45. The number of ether oxygens (including phenoxy) is 1. The zero-order valence-electron chi connectivity index (χ0n) is 16.4. The van der Waals surface area contributed by atoms with Crippen molar-refractivity contribution in [1.29, 1.82) is 0 Å². The van der Waals surface area contributed by atoms with Crippen molar-refractivity contribution in [3.63, 3.8) is 0 Å². The van der Waals surface area contributed by atoms with Gasteiger partial charge in [-0.05, 0) is 23.8 Å². The summed E-state index contributed by atoms with van der Waals surface area (Å²) in [6.07, 6.45) is 3.28. The number of carbonyl (C=O) groups is 1. The van der Waals surface area contributed by atoms with Gasteiger partial charge in [0.25, 0.3) is 5.91 Å². The molecule has 0 spiro atoms. The molecule has 5 nitrogen and oxygen atoms in total. The topological polar surface area (TPSA) is 63.2 Å². The van der Waals surface area contributed by atoms with E-state index in [1.807, 2.05) is 38.1 Å². The van der Waals surface area contributed by atoms with Crippen LogP contribution in [0.1, 0.15) is 25.0 Å². The minimum Gasteiger partial charge on any atom is -0.481 e. The second kappa shape index (κ2) is 14.4. The van der Waals surface area contributed by atoms with Gasteiger partial charge in [-0.3, -0.25) is 4.79 Å². The predicted molar refractivity (Wildman–Crippen MR) is 114 cm³/mol. The predicted octanol–water partition coefficient (Wildman–Crippen LogP) is 4.45. The van der Waals surface area contributed by atoms with Crippen molar-refractivity contribution in [1.82, 2.24) is 15.6 Å². The molecule has 2 N–H and O–H groups in total. The molecule has 0 bridgehead atoms. The molecule has 6 heteroatoms. The fourth-order valence-electron chi connectivity index (χ4n) is 1.95. The number of amides is 1. The average Bonchev–Trinajstić information content (AvgIpc) is 2.75. The monoisotopic (exact) mass is 389 g/mol. The molecule has 0 atom stereocenters.